The molecule has 0 heterocycles. The summed E-state index contributed by atoms with van der Waals surface area (Å²) in [6, 6.07) is 18.0. The van der Waals surface area contributed by atoms with Crippen LogP contribution in [0.2, 0.25) is 0 Å². The van der Waals surface area contributed by atoms with Gasteiger partial charge < -0.3 is 0 Å². The summed E-state index contributed by atoms with van der Waals surface area (Å²) in [4.78, 5) is 0. The molecule has 0 fully saturated rings. The Kier molecular flexibility index (Phi) is 3.15. The summed E-state index contributed by atoms with van der Waals surface area (Å²) < 4.78 is 7.00. The number of para-hydroxylation sites is 1. The van der Waals surface area contributed by atoms with Gasteiger partial charge in [0.25, 0.3) is 0 Å². The van der Waals surface area contributed by atoms with Gasteiger partial charge in [-0.3, -0.25) is 0 Å². The fraction of sp³-hybridized carbons (Fsp3) is 0. The summed E-state index contributed by atoms with van der Waals surface area (Å²) in [6.45, 7) is 0. The molecule has 0 spiro atoms. The predicted molar refractivity (Wildman–Crippen MR) is 58.3 cm³/mol. The molecule has 0 atom stereocenters. The van der Waals surface area contributed by atoms with Crippen molar-refractivity contribution in [1.82, 2.24) is 0 Å². The van der Waals surface area contributed by atoms with Crippen molar-refractivity contribution in [3.8, 4) is 11.5 Å². The first kappa shape index (κ1) is 9.67. The standard InChI is InChI=1S/C12H9O.Bi/c1-3-7-11(8-4-1)13-12-9-5-2-6-10-12;/h1,3-10H;/q;+2. The van der Waals surface area contributed by atoms with Gasteiger partial charge in [-0.1, -0.05) is 0 Å². The molecule has 0 aliphatic heterocycles. The van der Waals surface area contributed by atoms with Crippen LogP contribution in [0.25, 0.3) is 0 Å². The second kappa shape index (κ2) is 4.57. The third-order valence-corrected chi connectivity index (χ3v) is 2.97. The average molecular weight is 378 g/mol. The molecule has 14 heavy (non-hydrogen) atoms. The molecule has 66 valence electrons. The molecule has 2 aromatic carbocycles. The fourth-order valence-corrected chi connectivity index (χ4v) is 1.72. The summed E-state index contributed by atoms with van der Waals surface area (Å²) in [5.74, 6) is 1.78. The third-order valence-electron chi connectivity index (χ3n) is 1.82. The molecule has 2 aromatic rings. The minimum absolute atomic E-state index is 0.881. The average Bonchev–Trinajstić information content (AvgIpc) is 2.23. The van der Waals surface area contributed by atoms with Gasteiger partial charge in [-0.25, -0.2) is 0 Å². The zero-order valence-corrected chi connectivity index (χ0v) is 11.0. The number of hydrogen-bond donors (Lipinski definition) is 0. The van der Waals surface area contributed by atoms with E-state index in [9.17, 15) is 0 Å². The van der Waals surface area contributed by atoms with E-state index in [4.69, 9.17) is 4.74 Å². The van der Waals surface area contributed by atoms with Gasteiger partial charge in [-0.2, -0.15) is 0 Å². The van der Waals surface area contributed by atoms with E-state index in [2.05, 4.69) is 12.1 Å². The van der Waals surface area contributed by atoms with E-state index >= 15 is 0 Å². The van der Waals surface area contributed by atoms with Crippen LogP contribution in [0.15, 0.2) is 54.6 Å². The zero-order valence-electron chi connectivity index (χ0n) is 7.55. The van der Waals surface area contributed by atoms with Crippen molar-refractivity contribution in [2.45, 2.75) is 0 Å². The van der Waals surface area contributed by atoms with Gasteiger partial charge in [-0.15, -0.1) is 0 Å². The SMILES string of the molecule is [Bi+2][c]1ccc(Oc2ccccc2)cc1. The molecule has 0 saturated heterocycles. The van der Waals surface area contributed by atoms with E-state index in [0.717, 1.165) is 11.5 Å². The second-order valence-electron chi connectivity index (χ2n) is 2.91. The molecule has 2 heteroatoms. The van der Waals surface area contributed by atoms with Crippen molar-refractivity contribution < 1.29 is 4.74 Å². The first-order chi connectivity index (χ1) is 6.84. The number of ether oxygens (including phenoxy) is 1. The Morgan fingerprint density at radius 3 is 1.93 bits per heavy atom. The maximum atomic E-state index is 5.65. The van der Waals surface area contributed by atoms with Crippen LogP contribution in [0.3, 0.4) is 0 Å². The Balaban J connectivity index is 2.16. The van der Waals surface area contributed by atoms with Crippen molar-refractivity contribution in [3.05, 3.63) is 54.6 Å². The molecule has 2 rings (SSSR count). The van der Waals surface area contributed by atoms with E-state index in [1.807, 2.05) is 42.5 Å². The van der Waals surface area contributed by atoms with Gasteiger partial charge in [0, 0.05) is 0 Å². The monoisotopic (exact) mass is 378 g/mol. The Hall–Kier alpha value is -0.877. The van der Waals surface area contributed by atoms with Crippen molar-refractivity contribution in [2.75, 3.05) is 0 Å². The van der Waals surface area contributed by atoms with Gasteiger partial charge >= 0.3 is 98.8 Å². The van der Waals surface area contributed by atoms with Crippen LogP contribution in [0.5, 0.6) is 11.5 Å². The first-order valence-electron chi connectivity index (χ1n) is 4.36. The molecule has 1 nitrogen and oxygen atoms in total. The van der Waals surface area contributed by atoms with Gasteiger partial charge in [0.1, 0.15) is 0 Å². The van der Waals surface area contributed by atoms with Crippen molar-refractivity contribution in [1.29, 1.82) is 0 Å². The van der Waals surface area contributed by atoms with E-state index in [-0.39, 0.29) is 0 Å². The van der Waals surface area contributed by atoms with Crippen LogP contribution in [0.1, 0.15) is 0 Å². The third kappa shape index (κ3) is 2.55. The Morgan fingerprint density at radius 2 is 1.29 bits per heavy atom. The quantitative estimate of drug-likeness (QED) is 0.729. The van der Waals surface area contributed by atoms with Gasteiger partial charge in [-0.05, 0) is 0 Å². The van der Waals surface area contributed by atoms with Gasteiger partial charge in [0.15, 0.2) is 0 Å². The van der Waals surface area contributed by atoms with Gasteiger partial charge in [0.2, 0.25) is 0 Å². The summed E-state index contributed by atoms with van der Waals surface area (Å²) in [5, 5.41) is 0. The summed E-state index contributed by atoms with van der Waals surface area (Å²) in [5.41, 5.74) is 0. The van der Waals surface area contributed by atoms with Crippen LogP contribution >= 0.6 is 0 Å². The number of hydrogen-bond acceptors (Lipinski definition) is 1. The van der Waals surface area contributed by atoms with Crippen LogP contribution < -0.4 is 8.01 Å². The van der Waals surface area contributed by atoms with Crippen LogP contribution in [-0.2, 0) is 0 Å². The first-order valence-corrected chi connectivity index (χ1v) is 6.10. The van der Waals surface area contributed by atoms with Crippen LogP contribution in [0.4, 0.5) is 0 Å². The van der Waals surface area contributed by atoms with Crippen molar-refractivity contribution in [3.63, 3.8) is 0 Å². The Labute approximate surface area is 98.6 Å². The molecule has 0 aliphatic rings. The molecular formula is C12H9BiO+2. The molecule has 2 radical (unpaired) electrons. The normalized spacial score (nSPS) is 9.71. The molecule has 0 amide bonds. The summed E-state index contributed by atoms with van der Waals surface area (Å²) in [7, 11) is 0. The Morgan fingerprint density at radius 1 is 0.714 bits per heavy atom. The topological polar surface area (TPSA) is 9.23 Å². The summed E-state index contributed by atoms with van der Waals surface area (Å²) in [6.07, 6.45) is 0. The molecule has 0 N–H and O–H groups in total. The molecule has 0 unspecified atom stereocenters. The number of benzene rings is 2. The fourth-order valence-electron chi connectivity index (χ4n) is 1.14. The number of rotatable bonds is 2. The molecule has 0 saturated carbocycles. The predicted octanol–water partition coefficient (Wildman–Crippen LogP) is 2.27. The molecular weight excluding hydrogens is 369 g/mol. The van der Waals surface area contributed by atoms with E-state index < -0.39 is 0 Å². The summed E-state index contributed by atoms with van der Waals surface area (Å²) >= 11 is 1.28. The zero-order chi connectivity index (χ0) is 9.80. The van der Waals surface area contributed by atoms with Gasteiger partial charge in [0.05, 0.1) is 0 Å². The molecule has 0 aliphatic carbocycles. The molecule has 0 aromatic heterocycles. The van der Waals surface area contributed by atoms with E-state index in [1.54, 1.807) is 0 Å². The second-order valence-corrected chi connectivity index (χ2v) is 4.92. The Bertz CT molecular complexity index is 394. The van der Waals surface area contributed by atoms with E-state index in [0.29, 0.717) is 0 Å². The van der Waals surface area contributed by atoms with Crippen LogP contribution in [-0.4, -0.2) is 24.7 Å². The van der Waals surface area contributed by atoms with Crippen molar-refractivity contribution in [2.24, 2.45) is 0 Å². The minimum atomic E-state index is 0.881. The van der Waals surface area contributed by atoms with Crippen LogP contribution in [0, 0.1) is 0 Å². The molecule has 0 bridgehead atoms. The van der Waals surface area contributed by atoms with Crippen molar-refractivity contribution >= 4 is 28.0 Å². The maximum absolute atomic E-state index is 5.65. The van der Waals surface area contributed by atoms with E-state index in [1.165, 1.54) is 28.0 Å².